The Morgan fingerprint density at radius 1 is 1.27 bits per heavy atom. The van der Waals surface area contributed by atoms with Crippen LogP contribution in [0.4, 0.5) is 0 Å². The van der Waals surface area contributed by atoms with E-state index >= 15 is 0 Å². The molecule has 0 fully saturated rings. The summed E-state index contributed by atoms with van der Waals surface area (Å²) in [5.41, 5.74) is 6.55. The SMILES string of the molecule is NCCC/C=C/c1ccc2c(c1)OCO2. The topological polar surface area (TPSA) is 44.5 Å². The number of hydrogen-bond acceptors (Lipinski definition) is 3. The number of fused-ring (bicyclic) bond motifs is 1. The monoisotopic (exact) mass is 205 g/mol. The maximum absolute atomic E-state index is 5.41. The zero-order valence-corrected chi connectivity index (χ0v) is 8.61. The molecule has 1 aliphatic heterocycles. The van der Waals surface area contributed by atoms with Crippen LogP contribution in [0.3, 0.4) is 0 Å². The molecule has 2 N–H and O–H groups in total. The fraction of sp³-hybridized carbons (Fsp3) is 0.333. The average molecular weight is 205 g/mol. The largest absolute Gasteiger partial charge is 0.454 e. The lowest BCUT2D eigenvalue weighted by Gasteiger charge is -1.97. The van der Waals surface area contributed by atoms with Crippen molar-refractivity contribution in [3.8, 4) is 11.5 Å². The Hall–Kier alpha value is -1.48. The number of ether oxygens (including phenoxy) is 2. The van der Waals surface area contributed by atoms with Crippen molar-refractivity contribution < 1.29 is 9.47 Å². The first-order valence-electron chi connectivity index (χ1n) is 5.16. The van der Waals surface area contributed by atoms with E-state index in [9.17, 15) is 0 Å². The maximum atomic E-state index is 5.41. The Kier molecular flexibility index (Phi) is 3.25. The Morgan fingerprint density at radius 2 is 2.13 bits per heavy atom. The highest BCUT2D eigenvalue weighted by molar-refractivity contribution is 5.56. The second-order valence-electron chi connectivity index (χ2n) is 3.45. The van der Waals surface area contributed by atoms with Crippen LogP contribution in [0.5, 0.6) is 11.5 Å². The fourth-order valence-corrected chi connectivity index (χ4v) is 1.47. The van der Waals surface area contributed by atoms with Crippen LogP contribution in [0, 0.1) is 0 Å². The van der Waals surface area contributed by atoms with Crippen molar-refractivity contribution in [3.63, 3.8) is 0 Å². The lowest BCUT2D eigenvalue weighted by molar-refractivity contribution is 0.174. The molecule has 1 aromatic rings. The van der Waals surface area contributed by atoms with Crippen molar-refractivity contribution >= 4 is 6.08 Å². The van der Waals surface area contributed by atoms with Gasteiger partial charge in [0.2, 0.25) is 6.79 Å². The third-order valence-electron chi connectivity index (χ3n) is 2.28. The molecule has 1 aromatic carbocycles. The lowest BCUT2D eigenvalue weighted by atomic mass is 10.1. The van der Waals surface area contributed by atoms with Crippen LogP contribution in [0.15, 0.2) is 24.3 Å². The van der Waals surface area contributed by atoms with Crippen molar-refractivity contribution in [2.75, 3.05) is 13.3 Å². The van der Waals surface area contributed by atoms with Gasteiger partial charge in [-0.3, -0.25) is 0 Å². The number of hydrogen-bond donors (Lipinski definition) is 1. The van der Waals surface area contributed by atoms with Crippen LogP contribution in [-0.2, 0) is 0 Å². The van der Waals surface area contributed by atoms with E-state index in [0.29, 0.717) is 6.79 Å². The summed E-state index contributed by atoms with van der Waals surface area (Å²) in [6, 6.07) is 5.94. The average Bonchev–Trinajstić information content (AvgIpc) is 2.71. The van der Waals surface area contributed by atoms with Crippen molar-refractivity contribution in [1.82, 2.24) is 0 Å². The van der Waals surface area contributed by atoms with E-state index in [1.165, 1.54) is 0 Å². The molecule has 0 bridgehead atoms. The number of benzene rings is 1. The van der Waals surface area contributed by atoms with E-state index < -0.39 is 0 Å². The molecule has 80 valence electrons. The minimum Gasteiger partial charge on any atom is -0.454 e. The Morgan fingerprint density at radius 3 is 3.00 bits per heavy atom. The van der Waals surface area contributed by atoms with Crippen LogP contribution < -0.4 is 15.2 Å². The molecule has 1 heterocycles. The quantitative estimate of drug-likeness (QED) is 0.766. The summed E-state index contributed by atoms with van der Waals surface area (Å²) in [7, 11) is 0. The van der Waals surface area contributed by atoms with Crippen molar-refractivity contribution in [1.29, 1.82) is 0 Å². The summed E-state index contributed by atoms with van der Waals surface area (Å²) >= 11 is 0. The van der Waals surface area contributed by atoms with E-state index in [2.05, 4.69) is 12.2 Å². The van der Waals surface area contributed by atoms with Crippen LogP contribution in [0.2, 0.25) is 0 Å². The highest BCUT2D eigenvalue weighted by atomic mass is 16.7. The summed E-state index contributed by atoms with van der Waals surface area (Å²) in [6.45, 7) is 1.07. The molecular formula is C12H15NO2. The third kappa shape index (κ3) is 2.50. The first kappa shape index (κ1) is 10.1. The van der Waals surface area contributed by atoms with Gasteiger partial charge in [0, 0.05) is 0 Å². The molecule has 0 spiro atoms. The highest BCUT2D eigenvalue weighted by Crippen LogP contribution is 2.32. The molecule has 3 heteroatoms. The van der Waals surface area contributed by atoms with E-state index in [1.807, 2.05) is 18.2 Å². The zero-order chi connectivity index (χ0) is 10.5. The van der Waals surface area contributed by atoms with E-state index in [4.69, 9.17) is 15.2 Å². The number of unbranched alkanes of at least 4 members (excludes halogenated alkanes) is 1. The number of allylic oxidation sites excluding steroid dienone is 1. The summed E-state index contributed by atoms with van der Waals surface area (Å²) in [5.74, 6) is 1.66. The molecular weight excluding hydrogens is 190 g/mol. The molecule has 0 atom stereocenters. The second-order valence-corrected chi connectivity index (χ2v) is 3.45. The van der Waals surface area contributed by atoms with Crippen molar-refractivity contribution in [2.24, 2.45) is 5.73 Å². The van der Waals surface area contributed by atoms with Gasteiger partial charge in [0.15, 0.2) is 11.5 Å². The fourth-order valence-electron chi connectivity index (χ4n) is 1.47. The van der Waals surface area contributed by atoms with E-state index in [0.717, 1.165) is 36.4 Å². The first-order valence-corrected chi connectivity index (χ1v) is 5.16. The molecule has 0 unspecified atom stereocenters. The van der Waals surface area contributed by atoms with Crippen LogP contribution in [0.25, 0.3) is 6.08 Å². The molecule has 3 nitrogen and oxygen atoms in total. The predicted molar refractivity (Wildman–Crippen MR) is 59.9 cm³/mol. The molecule has 0 radical (unpaired) electrons. The Balaban J connectivity index is 2.00. The molecule has 1 aliphatic rings. The third-order valence-corrected chi connectivity index (χ3v) is 2.28. The van der Waals surface area contributed by atoms with Crippen LogP contribution >= 0.6 is 0 Å². The highest BCUT2D eigenvalue weighted by Gasteiger charge is 2.11. The molecule has 0 aliphatic carbocycles. The Bertz CT molecular complexity index is 361. The van der Waals surface area contributed by atoms with E-state index in [1.54, 1.807) is 0 Å². The smallest absolute Gasteiger partial charge is 0.231 e. The second kappa shape index (κ2) is 4.84. The van der Waals surface area contributed by atoms with Gasteiger partial charge in [0.25, 0.3) is 0 Å². The number of rotatable bonds is 4. The van der Waals surface area contributed by atoms with Crippen molar-refractivity contribution in [2.45, 2.75) is 12.8 Å². The lowest BCUT2D eigenvalue weighted by Crippen LogP contribution is -1.96. The minimum absolute atomic E-state index is 0.329. The molecule has 0 aromatic heterocycles. The molecule has 15 heavy (non-hydrogen) atoms. The van der Waals surface area contributed by atoms with Gasteiger partial charge < -0.3 is 15.2 Å². The zero-order valence-electron chi connectivity index (χ0n) is 8.61. The molecule has 0 saturated carbocycles. The maximum Gasteiger partial charge on any atom is 0.231 e. The summed E-state index contributed by atoms with van der Waals surface area (Å²) in [6.07, 6.45) is 6.26. The minimum atomic E-state index is 0.329. The van der Waals surface area contributed by atoms with E-state index in [-0.39, 0.29) is 0 Å². The van der Waals surface area contributed by atoms with Gasteiger partial charge in [-0.15, -0.1) is 0 Å². The molecule has 2 rings (SSSR count). The summed E-state index contributed by atoms with van der Waals surface area (Å²) in [4.78, 5) is 0. The number of nitrogens with two attached hydrogens (primary N) is 1. The van der Waals surface area contributed by atoms with Gasteiger partial charge in [-0.2, -0.15) is 0 Å². The molecule has 0 saturated heterocycles. The van der Waals surface area contributed by atoms with Crippen LogP contribution in [0.1, 0.15) is 18.4 Å². The first-order chi connectivity index (χ1) is 7.40. The summed E-state index contributed by atoms with van der Waals surface area (Å²) < 4.78 is 10.5. The normalized spacial score (nSPS) is 13.7. The standard InChI is InChI=1S/C12H15NO2/c13-7-3-1-2-4-10-5-6-11-12(8-10)15-9-14-11/h2,4-6,8H,1,3,7,9,13H2/b4-2+. The Labute approximate surface area is 89.5 Å². The van der Waals surface area contributed by atoms with Gasteiger partial charge in [-0.25, -0.2) is 0 Å². The molecule has 0 amide bonds. The van der Waals surface area contributed by atoms with Gasteiger partial charge >= 0.3 is 0 Å². The van der Waals surface area contributed by atoms with Crippen LogP contribution in [-0.4, -0.2) is 13.3 Å². The van der Waals surface area contributed by atoms with Crippen molar-refractivity contribution in [3.05, 3.63) is 29.8 Å². The van der Waals surface area contributed by atoms with Gasteiger partial charge in [0.1, 0.15) is 0 Å². The van der Waals surface area contributed by atoms with Gasteiger partial charge in [-0.05, 0) is 37.1 Å². The van der Waals surface area contributed by atoms with Gasteiger partial charge in [-0.1, -0.05) is 18.2 Å². The predicted octanol–water partition coefficient (Wildman–Crippen LogP) is 2.17. The van der Waals surface area contributed by atoms with Gasteiger partial charge in [0.05, 0.1) is 0 Å². The summed E-state index contributed by atoms with van der Waals surface area (Å²) in [5, 5.41) is 0.